The maximum absolute atomic E-state index is 4.90. The van der Waals surface area contributed by atoms with E-state index in [1.54, 1.807) is 12.4 Å². The quantitative estimate of drug-likeness (QED) is 0.772. The summed E-state index contributed by atoms with van der Waals surface area (Å²) in [6.07, 6.45) is 4.69. The Labute approximate surface area is 80.4 Å². The number of hydrogen-bond acceptors (Lipinski definition) is 6. The van der Waals surface area contributed by atoms with E-state index in [9.17, 15) is 0 Å². The summed E-state index contributed by atoms with van der Waals surface area (Å²) in [5.74, 6) is 0. The molecule has 0 atom stereocenters. The van der Waals surface area contributed by atoms with E-state index in [1.807, 2.05) is 6.92 Å². The molecule has 72 valence electrons. The minimum atomic E-state index is 0.382. The molecule has 6 heteroatoms. The summed E-state index contributed by atoms with van der Waals surface area (Å²) >= 11 is 0. The molecule has 0 unspecified atom stereocenters. The Morgan fingerprint density at radius 3 is 2.93 bits per heavy atom. The zero-order chi connectivity index (χ0) is 9.80. The van der Waals surface area contributed by atoms with Crippen molar-refractivity contribution in [3.8, 4) is 0 Å². The van der Waals surface area contributed by atoms with Gasteiger partial charge in [0, 0.05) is 6.20 Å². The van der Waals surface area contributed by atoms with Gasteiger partial charge in [-0.3, -0.25) is 9.97 Å². The van der Waals surface area contributed by atoms with E-state index in [0.717, 1.165) is 11.4 Å². The van der Waals surface area contributed by atoms with Crippen molar-refractivity contribution in [1.29, 1.82) is 0 Å². The second-order valence-electron chi connectivity index (χ2n) is 2.75. The second-order valence-corrected chi connectivity index (χ2v) is 2.75. The molecule has 0 saturated heterocycles. The average molecular weight is 191 g/mol. The van der Waals surface area contributed by atoms with Crippen molar-refractivity contribution in [3.63, 3.8) is 0 Å². The Morgan fingerprint density at radius 2 is 2.29 bits per heavy atom. The fraction of sp³-hybridized carbons (Fsp3) is 0.250. The van der Waals surface area contributed by atoms with E-state index in [1.165, 1.54) is 6.39 Å². The molecule has 0 aromatic carbocycles. The van der Waals surface area contributed by atoms with Gasteiger partial charge in [-0.25, -0.2) is 0 Å². The number of aryl methyl sites for hydroxylation is 1. The predicted octanol–water partition coefficient (Wildman–Crippen LogP) is 0.780. The first-order valence-electron chi connectivity index (χ1n) is 4.12. The highest BCUT2D eigenvalue weighted by molar-refractivity contribution is 5.17. The summed E-state index contributed by atoms with van der Waals surface area (Å²) in [7, 11) is 0. The van der Waals surface area contributed by atoms with E-state index in [4.69, 9.17) is 4.42 Å². The monoisotopic (exact) mass is 191 g/mol. The molecule has 14 heavy (non-hydrogen) atoms. The van der Waals surface area contributed by atoms with Gasteiger partial charge >= 0.3 is 6.01 Å². The van der Waals surface area contributed by atoms with Crippen LogP contribution in [0.2, 0.25) is 0 Å². The van der Waals surface area contributed by atoms with Crippen LogP contribution in [0.25, 0.3) is 0 Å². The van der Waals surface area contributed by atoms with Gasteiger partial charge < -0.3 is 9.73 Å². The van der Waals surface area contributed by atoms with E-state index in [0.29, 0.717) is 12.6 Å². The maximum atomic E-state index is 4.90. The fourth-order valence-electron chi connectivity index (χ4n) is 0.927. The Morgan fingerprint density at radius 1 is 1.36 bits per heavy atom. The molecule has 0 aliphatic rings. The molecule has 1 N–H and O–H groups in total. The van der Waals surface area contributed by atoms with Crippen molar-refractivity contribution in [3.05, 3.63) is 30.2 Å². The van der Waals surface area contributed by atoms with E-state index < -0.39 is 0 Å². The largest absolute Gasteiger partial charge is 0.411 e. The zero-order valence-electron chi connectivity index (χ0n) is 7.64. The van der Waals surface area contributed by atoms with Crippen LogP contribution >= 0.6 is 0 Å². The first-order valence-corrected chi connectivity index (χ1v) is 4.12. The van der Waals surface area contributed by atoms with Gasteiger partial charge in [0.25, 0.3) is 0 Å². The highest BCUT2D eigenvalue weighted by atomic mass is 16.4. The molecule has 2 aromatic rings. The van der Waals surface area contributed by atoms with Crippen molar-refractivity contribution >= 4 is 6.01 Å². The predicted molar refractivity (Wildman–Crippen MR) is 48.4 cm³/mol. The van der Waals surface area contributed by atoms with Gasteiger partial charge in [-0.2, -0.15) is 0 Å². The van der Waals surface area contributed by atoms with Crippen molar-refractivity contribution in [2.75, 3.05) is 5.32 Å². The Bertz CT molecular complexity index is 383. The normalized spacial score (nSPS) is 10.1. The minimum absolute atomic E-state index is 0.382. The van der Waals surface area contributed by atoms with E-state index in [2.05, 4.69) is 25.5 Å². The van der Waals surface area contributed by atoms with Gasteiger partial charge in [0.05, 0.1) is 24.1 Å². The molecule has 0 aliphatic carbocycles. The third-order valence-corrected chi connectivity index (χ3v) is 1.62. The standard InChI is InChI=1S/C8H9N5O/c1-6-2-10-7(3-9-6)4-11-8-13-12-5-14-8/h2-3,5H,4H2,1H3,(H,11,13). The number of nitrogens with one attached hydrogen (secondary N) is 1. The lowest BCUT2D eigenvalue weighted by atomic mass is 10.4. The molecule has 0 saturated carbocycles. The van der Waals surface area contributed by atoms with E-state index in [-0.39, 0.29) is 0 Å². The Balaban J connectivity index is 1.95. The average Bonchev–Trinajstić information content (AvgIpc) is 2.70. The molecule has 0 amide bonds. The molecule has 0 spiro atoms. The number of nitrogens with zero attached hydrogens (tertiary/aromatic N) is 4. The van der Waals surface area contributed by atoms with Crippen LogP contribution in [0.5, 0.6) is 0 Å². The molecule has 2 heterocycles. The first kappa shape index (κ1) is 8.61. The SMILES string of the molecule is Cc1cnc(CNc2nnco2)cn1. The lowest BCUT2D eigenvalue weighted by Crippen LogP contribution is -2.02. The van der Waals surface area contributed by atoms with Crippen LogP contribution < -0.4 is 5.32 Å². The molecular formula is C8H9N5O. The molecule has 0 fully saturated rings. The van der Waals surface area contributed by atoms with Crippen molar-refractivity contribution in [1.82, 2.24) is 20.2 Å². The van der Waals surface area contributed by atoms with Gasteiger partial charge in [0.15, 0.2) is 0 Å². The Hall–Kier alpha value is -1.98. The molecule has 0 aliphatic heterocycles. The first-order chi connectivity index (χ1) is 6.84. The minimum Gasteiger partial charge on any atom is -0.411 e. The van der Waals surface area contributed by atoms with Gasteiger partial charge in [-0.15, -0.1) is 5.10 Å². The van der Waals surface area contributed by atoms with Crippen molar-refractivity contribution in [2.24, 2.45) is 0 Å². The molecule has 0 bridgehead atoms. The fourth-order valence-corrected chi connectivity index (χ4v) is 0.927. The summed E-state index contributed by atoms with van der Waals surface area (Å²) in [5, 5.41) is 10.1. The molecule has 2 rings (SSSR count). The molecule has 2 aromatic heterocycles. The van der Waals surface area contributed by atoms with Gasteiger partial charge in [-0.05, 0) is 6.92 Å². The van der Waals surface area contributed by atoms with Gasteiger partial charge in [-0.1, -0.05) is 5.10 Å². The zero-order valence-corrected chi connectivity index (χ0v) is 7.64. The molecule has 0 radical (unpaired) electrons. The number of anilines is 1. The number of rotatable bonds is 3. The summed E-state index contributed by atoms with van der Waals surface area (Å²) in [5.41, 5.74) is 1.72. The van der Waals surface area contributed by atoms with Crippen LogP contribution in [0.15, 0.2) is 23.2 Å². The number of hydrogen-bond donors (Lipinski definition) is 1. The summed E-state index contributed by atoms with van der Waals surface area (Å²) < 4.78 is 4.90. The smallest absolute Gasteiger partial charge is 0.315 e. The van der Waals surface area contributed by atoms with Crippen LogP contribution in [0, 0.1) is 6.92 Å². The highest BCUT2D eigenvalue weighted by Crippen LogP contribution is 2.01. The van der Waals surface area contributed by atoms with Crippen LogP contribution in [-0.2, 0) is 6.54 Å². The van der Waals surface area contributed by atoms with Crippen LogP contribution in [0.3, 0.4) is 0 Å². The van der Waals surface area contributed by atoms with Crippen LogP contribution in [0.4, 0.5) is 6.01 Å². The molecular weight excluding hydrogens is 182 g/mol. The van der Waals surface area contributed by atoms with Crippen molar-refractivity contribution < 1.29 is 4.42 Å². The summed E-state index contributed by atoms with van der Waals surface area (Å²) in [6, 6.07) is 0.382. The lowest BCUT2D eigenvalue weighted by Gasteiger charge is -1.99. The topological polar surface area (TPSA) is 76.7 Å². The number of aromatic nitrogens is 4. The highest BCUT2D eigenvalue weighted by Gasteiger charge is 1.98. The summed E-state index contributed by atoms with van der Waals surface area (Å²) in [4.78, 5) is 8.27. The third kappa shape index (κ3) is 2.03. The Kier molecular flexibility index (Phi) is 2.35. The lowest BCUT2D eigenvalue weighted by molar-refractivity contribution is 0.565. The molecule has 6 nitrogen and oxygen atoms in total. The third-order valence-electron chi connectivity index (χ3n) is 1.62. The van der Waals surface area contributed by atoms with Crippen molar-refractivity contribution in [2.45, 2.75) is 13.5 Å². The van der Waals surface area contributed by atoms with Crippen LogP contribution in [0.1, 0.15) is 11.4 Å². The van der Waals surface area contributed by atoms with Gasteiger partial charge in [0.2, 0.25) is 6.39 Å². The second kappa shape index (κ2) is 3.82. The van der Waals surface area contributed by atoms with E-state index >= 15 is 0 Å². The maximum Gasteiger partial charge on any atom is 0.315 e. The van der Waals surface area contributed by atoms with Gasteiger partial charge in [0.1, 0.15) is 0 Å². The summed E-state index contributed by atoms with van der Waals surface area (Å²) in [6.45, 7) is 2.41. The van der Waals surface area contributed by atoms with Crippen LogP contribution in [-0.4, -0.2) is 20.2 Å².